The fraction of sp³-hybridized carbons (Fsp3) is 0.200. The highest BCUT2D eigenvalue weighted by molar-refractivity contribution is 7.99. The van der Waals surface area contributed by atoms with Crippen LogP contribution in [0, 0.1) is 0 Å². The van der Waals surface area contributed by atoms with Crippen LogP contribution in [-0.4, -0.2) is 5.75 Å². The minimum atomic E-state index is -0.123. The van der Waals surface area contributed by atoms with Crippen molar-refractivity contribution < 1.29 is 0 Å². The van der Waals surface area contributed by atoms with Crippen molar-refractivity contribution in [2.45, 2.75) is 16.9 Å². The number of benzene rings is 2. The lowest BCUT2D eigenvalue weighted by Crippen LogP contribution is -2.20. The Kier molecular flexibility index (Phi) is 3.77. The van der Waals surface area contributed by atoms with Crippen molar-refractivity contribution in [1.29, 1.82) is 0 Å². The van der Waals surface area contributed by atoms with Crippen LogP contribution in [0.25, 0.3) is 0 Å². The Morgan fingerprint density at radius 3 is 2.79 bits per heavy atom. The molecule has 1 nitrogen and oxygen atoms in total. The van der Waals surface area contributed by atoms with Gasteiger partial charge in [-0.15, -0.1) is 11.8 Å². The van der Waals surface area contributed by atoms with E-state index in [0.717, 1.165) is 11.3 Å². The molecular weight excluding hydrogens is 297 g/mol. The summed E-state index contributed by atoms with van der Waals surface area (Å²) in [7, 11) is 0. The molecule has 0 fully saturated rings. The Morgan fingerprint density at radius 1 is 1.16 bits per heavy atom. The third-order valence-electron chi connectivity index (χ3n) is 3.49. The molecule has 0 aliphatic carbocycles. The zero-order valence-corrected chi connectivity index (χ0v) is 12.5. The average molecular weight is 310 g/mol. The monoisotopic (exact) mass is 309 g/mol. The molecule has 0 saturated carbocycles. The fourth-order valence-electron chi connectivity index (χ4n) is 2.47. The molecule has 1 aliphatic heterocycles. The first-order chi connectivity index (χ1) is 9.16. The number of hydrogen-bond acceptors (Lipinski definition) is 2. The lowest BCUT2D eigenvalue weighted by atomic mass is 9.89. The third kappa shape index (κ3) is 2.50. The Bertz CT molecular complexity index is 615. The van der Waals surface area contributed by atoms with E-state index in [1.807, 2.05) is 23.9 Å². The van der Waals surface area contributed by atoms with Gasteiger partial charge in [0.1, 0.15) is 0 Å². The second-order valence-electron chi connectivity index (χ2n) is 4.65. The number of hydrogen-bond donors (Lipinski definition) is 1. The molecule has 0 radical (unpaired) electrons. The van der Waals surface area contributed by atoms with Gasteiger partial charge in [0.2, 0.25) is 0 Å². The maximum atomic E-state index is 6.43. The number of thioether (sulfide) groups is 1. The molecule has 4 heteroatoms. The molecule has 1 heterocycles. The van der Waals surface area contributed by atoms with Crippen LogP contribution in [0.3, 0.4) is 0 Å². The number of fused-ring (bicyclic) bond motifs is 1. The van der Waals surface area contributed by atoms with Gasteiger partial charge in [-0.05, 0) is 35.4 Å². The Hall–Kier alpha value is -0.670. The molecule has 2 aromatic carbocycles. The highest BCUT2D eigenvalue weighted by Gasteiger charge is 2.30. The SMILES string of the molecule is NC(c1cc(Cl)ccc1Cl)C1CSc2ccccc21. The van der Waals surface area contributed by atoms with Gasteiger partial charge in [0.05, 0.1) is 0 Å². The highest BCUT2D eigenvalue weighted by Crippen LogP contribution is 2.45. The van der Waals surface area contributed by atoms with E-state index in [1.165, 1.54) is 10.5 Å². The van der Waals surface area contributed by atoms with Gasteiger partial charge in [0.15, 0.2) is 0 Å². The highest BCUT2D eigenvalue weighted by atomic mass is 35.5. The van der Waals surface area contributed by atoms with Gasteiger partial charge in [-0.2, -0.15) is 0 Å². The second kappa shape index (κ2) is 5.37. The molecule has 2 aromatic rings. The van der Waals surface area contributed by atoms with E-state index in [2.05, 4.69) is 24.3 Å². The quantitative estimate of drug-likeness (QED) is 0.855. The molecular formula is C15H13Cl2NS. The summed E-state index contributed by atoms with van der Waals surface area (Å²) in [6.07, 6.45) is 0. The summed E-state index contributed by atoms with van der Waals surface area (Å²) in [5.74, 6) is 1.28. The second-order valence-corrected chi connectivity index (χ2v) is 6.55. The van der Waals surface area contributed by atoms with Crippen molar-refractivity contribution in [3.8, 4) is 0 Å². The van der Waals surface area contributed by atoms with Crippen LogP contribution in [0.1, 0.15) is 23.1 Å². The summed E-state index contributed by atoms with van der Waals surface area (Å²) < 4.78 is 0. The van der Waals surface area contributed by atoms with E-state index >= 15 is 0 Å². The third-order valence-corrected chi connectivity index (χ3v) is 5.28. The lowest BCUT2D eigenvalue weighted by Gasteiger charge is -2.21. The number of nitrogens with two attached hydrogens (primary N) is 1. The number of rotatable bonds is 2. The first-order valence-electron chi connectivity index (χ1n) is 6.09. The average Bonchev–Trinajstić information content (AvgIpc) is 2.84. The normalized spacial score (nSPS) is 19.2. The smallest absolute Gasteiger partial charge is 0.0455 e. The summed E-state index contributed by atoms with van der Waals surface area (Å²) in [6, 6.07) is 13.8. The van der Waals surface area contributed by atoms with E-state index in [0.29, 0.717) is 10.0 Å². The van der Waals surface area contributed by atoms with Gasteiger partial charge in [-0.25, -0.2) is 0 Å². The molecule has 0 aromatic heterocycles. The molecule has 98 valence electrons. The zero-order valence-electron chi connectivity index (χ0n) is 10.1. The first kappa shape index (κ1) is 13.3. The summed E-state index contributed by atoms with van der Waals surface area (Å²) in [6.45, 7) is 0. The van der Waals surface area contributed by atoms with Crippen molar-refractivity contribution in [2.75, 3.05) is 5.75 Å². The van der Waals surface area contributed by atoms with Crippen molar-refractivity contribution in [3.05, 3.63) is 63.6 Å². The van der Waals surface area contributed by atoms with Crippen LogP contribution in [-0.2, 0) is 0 Å². The predicted molar refractivity (Wildman–Crippen MR) is 83.3 cm³/mol. The zero-order chi connectivity index (χ0) is 13.4. The van der Waals surface area contributed by atoms with Crippen molar-refractivity contribution in [3.63, 3.8) is 0 Å². The lowest BCUT2D eigenvalue weighted by molar-refractivity contribution is 0.607. The van der Waals surface area contributed by atoms with Gasteiger partial charge in [0.25, 0.3) is 0 Å². The van der Waals surface area contributed by atoms with E-state index in [1.54, 1.807) is 6.07 Å². The van der Waals surface area contributed by atoms with Crippen molar-refractivity contribution in [1.82, 2.24) is 0 Å². The van der Waals surface area contributed by atoms with E-state index < -0.39 is 0 Å². The predicted octanol–water partition coefficient (Wildman–Crippen LogP) is 4.88. The van der Waals surface area contributed by atoms with Gasteiger partial charge in [-0.1, -0.05) is 41.4 Å². The van der Waals surface area contributed by atoms with E-state index in [9.17, 15) is 0 Å². The molecule has 19 heavy (non-hydrogen) atoms. The Labute approximate surface area is 127 Å². The molecule has 2 unspecified atom stereocenters. The van der Waals surface area contributed by atoms with E-state index in [4.69, 9.17) is 28.9 Å². The van der Waals surface area contributed by atoms with Gasteiger partial charge in [0, 0.05) is 32.7 Å². The molecule has 0 spiro atoms. The van der Waals surface area contributed by atoms with Gasteiger partial charge in [-0.3, -0.25) is 0 Å². The van der Waals surface area contributed by atoms with Crippen LogP contribution in [0.2, 0.25) is 10.0 Å². The summed E-state index contributed by atoms with van der Waals surface area (Å²) >= 11 is 14.2. The molecule has 2 atom stereocenters. The fourth-order valence-corrected chi connectivity index (χ4v) is 4.20. The van der Waals surface area contributed by atoms with Crippen molar-refractivity contribution >= 4 is 35.0 Å². The maximum Gasteiger partial charge on any atom is 0.0455 e. The van der Waals surface area contributed by atoms with Crippen molar-refractivity contribution in [2.24, 2.45) is 5.73 Å². The minimum Gasteiger partial charge on any atom is -0.323 e. The minimum absolute atomic E-state index is 0.123. The summed E-state index contributed by atoms with van der Waals surface area (Å²) in [5, 5.41) is 1.36. The molecule has 0 bridgehead atoms. The van der Waals surface area contributed by atoms with E-state index in [-0.39, 0.29) is 12.0 Å². The molecule has 0 saturated heterocycles. The maximum absolute atomic E-state index is 6.43. The summed E-state index contributed by atoms with van der Waals surface area (Å²) in [4.78, 5) is 1.32. The van der Waals surface area contributed by atoms with Crippen LogP contribution in [0.15, 0.2) is 47.4 Å². The van der Waals surface area contributed by atoms with Crippen LogP contribution >= 0.6 is 35.0 Å². The van der Waals surface area contributed by atoms with Gasteiger partial charge >= 0.3 is 0 Å². The van der Waals surface area contributed by atoms with Gasteiger partial charge < -0.3 is 5.73 Å². The molecule has 0 amide bonds. The topological polar surface area (TPSA) is 26.0 Å². The number of halogens is 2. The summed E-state index contributed by atoms with van der Waals surface area (Å²) in [5.41, 5.74) is 8.67. The van der Waals surface area contributed by atoms with Crippen LogP contribution in [0.4, 0.5) is 0 Å². The standard InChI is InChI=1S/C15H13Cl2NS/c16-9-5-6-13(17)11(7-9)15(18)12-8-19-14-4-2-1-3-10(12)14/h1-7,12,15H,8,18H2. The molecule has 1 aliphatic rings. The Balaban J connectivity index is 1.97. The largest absolute Gasteiger partial charge is 0.323 e. The molecule has 3 rings (SSSR count). The van der Waals surface area contributed by atoms with Crippen LogP contribution < -0.4 is 5.73 Å². The molecule has 2 N–H and O–H groups in total. The first-order valence-corrected chi connectivity index (χ1v) is 7.83. The Morgan fingerprint density at radius 2 is 1.95 bits per heavy atom. The van der Waals surface area contributed by atoms with Crippen LogP contribution in [0.5, 0.6) is 0 Å².